The highest BCUT2D eigenvalue weighted by molar-refractivity contribution is 6.35. The van der Waals surface area contributed by atoms with Crippen molar-refractivity contribution in [2.24, 2.45) is 0 Å². The molecule has 3 aliphatic heterocycles. The molecule has 0 aliphatic carbocycles. The average molecular weight is 619 g/mol. The molecule has 5 rings (SSSR count). The SMILES string of the molecule is CC(=O)NC1(c2ccccc2)CCN(CCCC(C(=O)N2CCOC3(C2)OC(=O)C(=O)O3)c2ccc(Cl)cc2Cl)CC1. The maximum atomic E-state index is 13.9. The fraction of sp³-hybridized carbons (Fsp3) is 0.467. The second-order valence-corrected chi connectivity index (χ2v) is 11.7. The van der Waals surface area contributed by atoms with Crippen LogP contribution in [0.15, 0.2) is 48.5 Å². The Hall–Kier alpha value is -3.18. The van der Waals surface area contributed by atoms with Gasteiger partial charge < -0.3 is 29.3 Å². The second kappa shape index (κ2) is 12.6. The van der Waals surface area contributed by atoms with Crippen molar-refractivity contribution in [3.8, 4) is 0 Å². The van der Waals surface area contributed by atoms with Crippen LogP contribution in [0.25, 0.3) is 0 Å². The monoisotopic (exact) mass is 617 g/mol. The predicted octanol–water partition coefficient (Wildman–Crippen LogP) is 3.60. The van der Waals surface area contributed by atoms with Gasteiger partial charge in [0.25, 0.3) is 0 Å². The van der Waals surface area contributed by atoms with Crippen LogP contribution in [0.2, 0.25) is 10.0 Å². The fourth-order valence-corrected chi connectivity index (χ4v) is 6.58. The van der Waals surface area contributed by atoms with Gasteiger partial charge in [0.05, 0.1) is 18.1 Å². The Kier molecular flexibility index (Phi) is 9.08. The summed E-state index contributed by atoms with van der Waals surface area (Å²) in [6, 6.07) is 15.1. The number of ether oxygens (including phenoxy) is 3. The van der Waals surface area contributed by atoms with E-state index in [-0.39, 0.29) is 31.5 Å². The van der Waals surface area contributed by atoms with Crippen LogP contribution in [0.3, 0.4) is 0 Å². The van der Waals surface area contributed by atoms with Gasteiger partial charge in [-0.2, -0.15) is 0 Å². The van der Waals surface area contributed by atoms with Gasteiger partial charge >= 0.3 is 17.9 Å². The molecule has 224 valence electrons. The van der Waals surface area contributed by atoms with E-state index in [4.69, 9.17) is 37.4 Å². The third kappa shape index (κ3) is 6.57. The molecule has 12 heteroatoms. The number of esters is 2. The first kappa shape index (κ1) is 30.3. The third-order valence-corrected chi connectivity index (χ3v) is 8.66. The quantitative estimate of drug-likeness (QED) is 0.353. The van der Waals surface area contributed by atoms with Crippen LogP contribution in [0.4, 0.5) is 0 Å². The molecule has 3 heterocycles. The Labute approximate surface area is 254 Å². The van der Waals surface area contributed by atoms with Crippen molar-refractivity contribution >= 4 is 47.0 Å². The Balaban J connectivity index is 1.26. The van der Waals surface area contributed by atoms with E-state index in [0.29, 0.717) is 28.5 Å². The van der Waals surface area contributed by atoms with Crippen LogP contribution in [0.1, 0.15) is 49.7 Å². The molecule has 2 amide bonds. The van der Waals surface area contributed by atoms with Crippen LogP contribution in [0, 0.1) is 0 Å². The molecule has 0 saturated carbocycles. The van der Waals surface area contributed by atoms with Crippen molar-refractivity contribution in [2.45, 2.75) is 50.0 Å². The van der Waals surface area contributed by atoms with Crippen molar-refractivity contribution in [3.63, 3.8) is 0 Å². The zero-order valence-corrected chi connectivity index (χ0v) is 24.8. The largest absolute Gasteiger partial charge is 0.422 e. The molecule has 0 bridgehead atoms. The van der Waals surface area contributed by atoms with Gasteiger partial charge in [0.1, 0.15) is 6.54 Å². The number of piperidine rings is 1. The van der Waals surface area contributed by atoms with E-state index in [1.54, 1.807) is 25.1 Å². The van der Waals surface area contributed by atoms with Crippen molar-refractivity contribution in [1.82, 2.24) is 15.1 Å². The minimum atomic E-state index is -1.93. The molecular formula is C30H33Cl2N3O7. The van der Waals surface area contributed by atoms with Gasteiger partial charge in [0, 0.05) is 36.6 Å². The molecule has 10 nitrogen and oxygen atoms in total. The van der Waals surface area contributed by atoms with Crippen LogP contribution >= 0.6 is 23.2 Å². The van der Waals surface area contributed by atoms with Crippen LogP contribution < -0.4 is 5.32 Å². The summed E-state index contributed by atoms with van der Waals surface area (Å²) in [5.41, 5.74) is 1.34. The van der Waals surface area contributed by atoms with Gasteiger partial charge in [0.2, 0.25) is 11.8 Å². The maximum absolute atomic E-state index is 13.9. The summed E-state index contributed by atoms with van der Waals surface area (Å²) in [5, 5.41) is 4.04. The predicted molar refractivity (Wildman–Crippen MR) is 153 cm³/mol. The molecule has 0 aromatic heterocycles. The van der Waals surface area contributed by atoms with Gasteiger partial charge in [-0.15, -0.1) is 0 Å². The number of carbonyl (C=O) groups is 4. The lowest BCUT2D eigenvalue weighted by Gasteiger charge is -2.43. The molecular weight excluding hydrogens is 585 g/mol. The Morgan fingerprint density at radius 2 is 1.69 bits per heavy atom. The van der Waals surface area contributed by atoms with Crippen LogP contribution in [0.5, 0.6) is 0 Å². The molecule has 1 unspecified atom stereocenters. The zero-order valence-electron chi connectivity index (χ0n) is 23.3. The molecule has 1 N–H and O–H groups in total. The number of nitrogens with zero attached hydrogens (tertiary/aromatic N) is 2. The van der Waals surface area contributed by atoms with Crippen molar-refractivity contribution in [3.05, 3.63) is 69.7 Å². The fourth-order valence-electron chi connectivity index (χ4n) is 6.04. The van der Waals surface area contributed by atoms with Crippen molar-refractivity contribution < 1.29 is 33.4 Å². The van der Waals surface area contributed by atoms with Gasteiger partial charge in [-0.25, -0.2) is 9.59 Å². The highest BCUT2D eigenvalue weighted by Gasteiger charge is 2.54. The number of rotatable bonds is 8. The number of hydrogen-bond donors (Lipinski definition) is 1. The zero-order chi connectivity index (χ0) is 29.9. The second-order valence-electron chi connectivity index (χ2n) is 10.9. The topological polar surface area (TPSA) is 114 Å². The number of morpholine rings is 1. The number of likely N-dealkylation sites (tertiary alicyclic amines) is 1. The number of carbonyl (C=O) groups excluding carboxylic acids is 4. The number of nitrogens with one attached hydrogen (secondary N) is 1. The van der Waals surface area contributed by atoms with Crippen molar-refractivity contribution in [2.75, 3.05) is 39.3 Å². The summed E-state index contributed by atoms with van der Waals surface area (Å²) in [4.78, 5) is 53.2. The smallest absolute Gasteiger partial charge is 0.388 e. The Bertz CT molecular complexity index is 1330. The molecule has 1 spiro atoms. The Morgan fingerprint density at radius 3 is 2.33 bits per heavy atom. The minimum absolute atomic E-state index is 0.0264. The third-order valence-electron chi connectivity index (χ3n) is 8.10. The molecule has 3 saturated heterocycles. The highest BCUT2D eigenvalue weighted by Crippen LogP contribution is 2.36. The number of hydrogen-bond acceptors (Lipinski definition) is 8. The molecule has 0 radical (unpaired) electrons. The standard InChI is InChI=1S/C30H33Cl2N3O7/c1-20(36)33-29(21-6-3-2-4-7-21)11-14-34(15-12-29)13-5-8-24(23-10-9-22(31)18-25(23)32)26(37)35-16-17-40-30(19-35)41-27(38)28(39)42-30/h2-4,6-7,9-10,18,24H,5,8,11-17,19H2,1H3,(H,33,36). The first-order valence-corrected chi connectivity index (χ1v) is 14.8. The van der Waals surface area contributed by atoms with Gasteiger partial charge in [-0.3, -0.25) is 9.59 Å². The number of amides is 2. The van der Waals surface area contributed by atoms with E-state index in [1.165, 1.54) is 4.90 Å². The number of halogens is 2. The minimum Gasteiger partial charge on any atom is -0.388 e. The highest BCUT2D eigenvalue weighted by atomic mass is 35.5. The van der Waals surface area contributed by atoms with E-state index in [0.717, 1.165) is 38.0 Å². The van der Waals surface area contributed by atoms with Crippen LogP contribution in [-0.2, 0) is 38.9 Å². The van der Waals surface area contributed by atoms with E-state index in [9.17, 15) is 19.2 Å². The normalized spacial score (nSPS) is 20.6. The lowest BCUT2D eigenvalue weighted by Crippen LogP contribution is -2.55. The van der Waals surface area contributed by atoms with E-state index in [2.05, 4.69) is 22.3 Å². The first-order valence-electron chi connectivity index (χ1n) is 14.0. The summed E-state index contributed by atoms with van der Waals surface area (Å²) < 4.78 is 15.5. The van der Waals surface area contributed by atoms with Crippen LogP contribution in [-0.4, -0.2) is 78.9 Å². The molecule has 2 aromatic rings. The van der Waals surface area contributed by atoms with E-state index >= 15 is 0 Å². The summed E-state index contributed by atoms with van der Waals surface area (Å²) in [7, 11) is 0. The van der Waals surface area contributed by atoms with E-state index < -0.39 is 29.4 Å². The summed E-state index contributed by atoms with van der Waals surface area (Å²) >= 11 is 12.7. The molecule has 2 aromatic carbocycles. The molecule has 42 heavy (non-hydrogen) atoms. The van der Waals surface area contributed by atoms with E-state index in [1.807, 2.05) is 18.2 Å². The Morgan fingerprint density at radius 1 is 1.00 bits per heavy atom. The molecule has 1 atom stereocenters. The molecule has 3 fully saturated rings. The maximum Gasteiger partial charge on any atom is 0.422 e. The first-order chi connectivity index (χ1) is 20.1. The summed E-state index contributed by atoms with van der Waals surface area (Å²) in [5.74, 6) is -5.14. The summed E-state index contributed by atoms with van der Waals surface area (Å²) in [6.45, 7) is 3.90. The van der Waals surface area contributed by atoms with Gasteiger partial charge in [0.15, 0.2) is 0 Å². The average Bonchev–Trinajstić information content (AvgIpc) is 3.23. The summed E-state index contributed by atoms with van der Waals surface area (Å²) in [6.07, 6.45) is 2.74. The van der Waals surface area contributed by atoms with Gasteiger partial charge in [-0.05, 0) is 55.5 Å². The molecule has 3 aliphatic rings. The van der Waals surface area contributed by atoms with Gasteiger partial charge in [-0.1, -0.05) is 59.6 Å². The van der Waals surface area contributed by atoms with Crippen molar-refractivity contribution in [1.29, 1.82) is 0 Å². The lowest BCUT2D eigenvalue weighted by molar-refractivity contribution is -0.336. The lowest BCUT2D eigenvalue weighted by atomic mass is 9.80. The number of benzene rings is 2.